The van der Waals surface area contributed by atoms with Crippen molar-refractivity contribution >= 4 is 40.7 Å². The van der Waals surface area contributed by atoms with Crippen molar-refractivity contribution in [1.29, 1.82) is 0 Å². The lowest BCUT2D eigenvalue weighted by Crippen LogP contribution is -2.38. The van der Waals surface area contributed by atoms with Crippen LogP contribution in [0.4, 0.5) is 5.69 Å². The smallest absolute Gasteiger partial charge is 0.244 e. The van der Waals surface area contributed by atoms with Crippen molar-refractivity contribution in [3.63, 3.8) is 0 Å². The molecule has 2 amide bonds. The molecule has 5 nitrogen and oxygen atoms in total. The monoisotopic (exact) mass is 345 g/mol. The molecule has 1 rings (SSSR count). The highest BCUT2D eigenvalue weighted by Crippen LogP contribution is 2.25. The van der Waals surface area contributed by atoms with Gasteiger partial charge in [0.15, 0.2) is 0 Å². The van der Waals surface area contributed by atoms with Gasteiger partial charge < -0.3 is 15.1 Å². The summed E-state index contributed by atoms with van der Waals surface area (Å²) in [5.41, 5.74) is 0.441. The molecular formula is C15H21Cl2N3O2. The van der Waals surface area contributed by atoms with Crippen LogP contribution in [0, 0.1) is 0 Å². The number of carbonyl (C=O) groups excluding carboxylic acids is 2. The summed E-state index contributed by atoms with van der Waals surface area (Å²) in [7, 11) is 3.93. The first-order chi connectivity index (χ1) is 10.3. The molecule has 122 valence electrons. The minimum absolute atomic E-state index is 0.00833. The van der Waals surface area contributed by atoms with Crippen LogP contribution in [-0.4, -0.2) is 55.3 Å². The lowest BCUT2D eigenvalue weighted by atomic mass is 10.3. The molecule has 0 aliphatic heterocycles. The Bertz CT molecular complexity index is 536. The summed E-state index contributed by atoms with van der Waals surface area (Å²) in [5, 5.41) is 3.56. The average molecular weight is 346 g/mol. The average Bonchev–Trinajstić information content (AvgIpc) is 2.41. The van der Waals surface area contributed by atoms with E-state index in [4.69, 9.17) is 23.2 Å². The Morgan fingerprint density at radius 3 is 2.45 bits per heavy atom. The summed E-state index contributed by atoms with van der Waals surface area (Å²) in [6.45, 7) is 2.83. The number of anilines is 1. The number of rotatable bonds is 7. The summed E-state index contributed by atoms with van der Waals surface area (Å²) in [6, 6.07) is 4.83. The van der Waals surface area contributed by atoms with Gasteiger partial charge in [0.25, 0.3) is 0 Å². The van der Waals surface area contributed by atoms with Crippen molar-refractivity contribution in [2.24, 2.45) is 0 Å². The Hall–Kier alpha value is -1.30. The second-order valence-electron chi connectivity index (χ2n) is 5.27. The third-order valence-electron chi connectivity index (χ3n) is 3.02. The van der Waals surface area contributed by atoms with E-state index in [-0.39, 0.29) is 18.4 Å². The van der Waals surface area contributed by atoms with E-state index in [2.05, 4.69) is 5.32 Å². The molecule has 0 bridgehead atoms. The van der Waals surface area contributed by atoms with E-state index in [0.29, 0.717) is 22.3 Å². The minimum atomic E-state index is -0.302. The van der Waals surface area contributed by atoms with Crippen molar-refractivity contribution in [3.8, 4) is 0 Å². The Balaban J connectivity index is 2.59. The molecule has 0 unspecified atom stereocenters. The van der Waals surface area contributed by atoms with Gasteiger partial charge in [-0.15, -0.1) is 0 Å². The molecule has 0 aliphatic carbocycles. The molecule has 0 spiro atoms. The van der Waals surface area contributed by atoms with E-state index < -0.39 is 0 Å². The van der Waals surface area contributed by atoms with Crippen LogP contribution in [0.2, 0.25) is 10.0 Å². The molecule has 1 aromatic carbocycles. The van der Waals surface area contributed by atoms with Crippen LogP contribution in [0.1, 0.15) is 13.3 Å². The number of benzene rings is 1. The zero-order valence-electron chi connectivity index (χ0n) is 13.0. The lowest BCUT2D eigenvalue weighted by molar-refractivity contribution is -0.132. The van der Waals surface area contributed by atoms with Crippen molar-refractivity contribution in [1.82, 2.24) is 9.80 Å². The van der Waals surface area contributed by atoms with Gasteiger partial charge in [-0.25, -0.2) is 0 Å². The van der Waals surface area contributed by atoms with E-state index in [1.165, 1.54) is 11.8 Å². The summed E-state index contributed by atoms with van der Waals surface area (Å²) >= 11 is 11.9. The number of amides is 2. The highest BCUT2D eigenvalue weighted by atomic mass is 35.5. The van der Waals surface area contributed by atoms with Crippen LogP contribution in [-0.2, 0) is 9.59 Å². The summed E-state index contributed by atoms with van der Waals surface area (Å²) in [5.74, 6) is -0.435. The van der Waals surface area contributed by atoms with Crippen molar-refractivity contribution in [2.45, 2.75) is 13.3 Å². The molecule has 0 atom stereocenters. The first kappa shape index (κ1) is 18.7. The van der Waals surface area contributed by atoms with Gasteiger partial charge >= 0.3 is 0 Å². The fourth-order valence-electron chi connectivity index (χ4n) is 1.88. The van der Waals surface area contributed by atoms with E-state index in [1.807, 2.05) is 19.0 Å². The third kappa shape index (κ3) is 6.64. The van der Waals surface area contributed by atoms with Crippen molar-refractivity contribution in [2.75, 3.05) is 39.0 Å². The largest absolute Gasteiger partial charge is 0.334 e. The van der Waals surface area contributed by atoms with Crippen LogP contribution in [0.25, 0.3) is 0 Å². The molecule has 0 aliphatic rings. The molecule has 1 N–H and O–H groups in total. The van der Waals surface area contributed by atoms with Crippen LogP contribution in [0.3, 0.4) is 0 Å². The zero-order valence-corrected chi connectivity index (χ0v) is 14.5. The summed E-state index contributed by atoms with van der Waals surface area (Å²) in [6.07, 6.45) is 0.803. The zero-order chi connectivity index (χ0) is 16.7. The van der Waals surface area contributed by atoms with Gasteiger partial charge in [0.05, 0.1) is 17.3 Å². The standard InChI is InChI=1S/C15H21Cl2N3O2/c1-11(21)20(8-4-7-19(2)3)10-15(22)18-14-9-12(16)5-6-13(14)17/h5-6,9H,4,7-8,10H2,1-3H3,(H,18,22). The maximum Gasteiger partial charge on any atom is 0.244 e. The topological polar surface area (TPSA) is 52.7 Å². The molecule has 7 heteroatoms. The Morgan fingerprint density at radius 1 is 1.18 bits per heavy atom. The molecule has 0 saturated carbocycles. The number of nitrogens with one attached hydrogen (secondary N) is 1. The lowest BCUT2D eigenvalue weighted by Gasteiger charge is -2.21. The van der Waals surface area contributed by atoms with Gasteiger partial charge in [-0.05, 0) is 45.3 Å². The SMILES string of the molecule is CC(=O)N(CCCN(C)C)CC(=O)Nc1cc(Cl)ccc1Cl. The van der Waals surface area contributed by atoms with Crippen molar-refractivity contribution < 1.29 is 9.59 Å². The van der Waals surface area contributed by atoms with Gasteiger partial charge in [-0.2, -0.15) is 0 Å². The van der Waals surface area contributed by atoms with Gasteiger partial charge in [-0.3, -0.25) is 9.59 Å². The predicted molar refractivity (Wildman–Crippen MR) is 90.5 cm³/mol. The maximum atomic E-state index is 12.1. The summed E-state index contributed by atoms with van der Waals surface area (Å²) < 4.78 is 0. The quantitative estimate of drug-likeness (QED) is 0.826. The normalized spacial score (nSPS) is 10.6. The van der Waals surface area contributed by atoms with Gasteiger partial charge in [0.2, 0.25) is 11.8 Å². The van der Waals surface area contributed by atoms with Crippen LogP contribution in [0.15, 0.2) is 18.2 Å². The highest BCUT2D eigenvalue weighted by molar-refractivity contribution is 6.35. The molecule has 0 radical (unpaired) electrons. The molecule has 0 fully saturated rings. The predicted octanol–water partition coefficient (Wildman–Crippen LogP) is 2.73. The molecule has 0 aromatic heterocycles. The number of nitrogens with zero attached hydrogens (tertiary/aromatic N) is 2. The molecular weight excluding hydrogens is 325 g/mol. The highest BCUT2D eigenvalue weighted by Gasteiger charge is 2.14. The van der Waals surface area contributed by atoms with Crippen LogP contribution in [0.5, 0.6) is 0 Å². The third-order valence-corrected chi connectivity index (χ3v) is 3.58. The van der Waals surface area contributed by atoms with Gasteiger partial charge in [0.1, 0.15) is 0 Å². The number of hydrogen-bond donors (Lipinski definition) is 1. The molecule has 22 heavy (non-hydrogen) atoms. The van der Waals surface area contributed by atoms with Gasteiger partial charge in [0, 0.05) is 18.5 Å². The Labute approximate surface area is 141 Å². The second kappa shape index (κ2) is 8.98. The molecule has 0 saturated heterocycles. The van der Waals surface area contributed by atoms with Crippen LogP contribution < -0.4 is 5.32 Å². The Morgan fingerprint density at radius 2 is 1.86 bits per heavy atom. The molecule has 0 heterocycles. The number of carbonyl (C=O) groups is 2. The van der Waals surface area contributed by atoms with E-state index in [0.717, 1.165) is 13.0 Å². The maximum absolute atomic E-state index is 12.1. The minimum Gasteiger partial charge on any atom is -0.334 e. The van der Waals surface area contributed by atoms with Crippen molar-refractivity contribution in [3.05, 3.63) is 28.2 Å². The van der Waals surface area contributed by atoms with E-state index in [9.17, 15) is 9.59 Å². The summed E-state index contributed by atoms with van der Waals surface area (Å²) in [4.78, 5) is 27.2. The van der Waals surface area contributed by atoms with Crippen LogP contribution >= 0.6 is 23.2 Å². The Kier molecular flexibility index (Phi) is 7.65. The van der Waals surface area contributed by atoms with E-state index in [1.54, 1.807) is 18.2 Å². The number of halogens is 2. The first-order valence-electron chi connectivity index (χ1n) is 6.94. The second-order valence-corrected chi connectivity index (χ2v) is 6.11. The molecule has 1 aromatic rings. The fraction of sp³-hybridized carbons (Fsp3) is 0.467. The number of hydrogen-bond acceptors (Lipinski definition) is 3. The van der Waals surface area contributed by atoms with Gasteiger partial charge in [-0.1, -0.05) is 23.2 Å². The fourth-order valence-corrected chi connectivity index (χ4v) is 2.22. The van der Waals surface area contributed by atoms with E-state index >= 15 is 0 Å². The first-order valence-corrected chi connectivity index (χ1v) is 7.70.